The molecule has 0 amide bonds. The molecule has 0 fully saturated rings. The molecule has 0 unspecified atom stereocenters. The Morgan fingerprint density at radius 2 is 1.89 bits per heavy atom. The molecule has 0 atom stereocenters. The summed E-state index contributed by atoms with van der Waals surface area (Å²) in [7, 11) is 4.41. The molecule has 0 aliphatic carbocycles. The van der Waals surface area contributed by atoms with E-state index in [0.717, 1.165) is 10.9 Å². The second-order valence-corrected chi connectivity index (χ2v) is 3.90. The molecule has 1 aromatic heterocycles. The first-order valence-electron chi connectivity index (χ1n) is 5.77. The molecule has 1 aromatic carbocycles. The Bertz CT molecular complexity index is 610. The van der Waals surface area contributed by atoms with E-state index in [1.54, 1.807) is 7.11 Å². The second kappa shape index (κ2) is 5.56. The van der Waals surface area contributed by atoms with Crippen molar-refractivity contribution in [3.8, 4) is 11.6 Å². The predicted octanol–water partition coefficient (Wildman–Crippen LogP) is 1.97. The highest BCUT2D eigenvalue weighted by Gasteiger charge is 2.19. The van der Waals surface area contributed by atoms with Gasteiger partial charge >= 0.3 is 5.97 Å². The zero-order valence-corrected chi connectivity index (χ0v) is 11.1. The van der Waals surface area contributed by atoms with Crippen molar-refractivity contribution in [2.24, 2.45) is 0 Å². The van der Waals surface area contributed by atoms with Crippen molar-refractivity contribution in [2.75, 3.05) is 21.3 Å². The number of benzene rings is 1. The third-order valence-corrected chi connectivity index (χ3v) is 2.85. The number of pyridine rings is 1. The maximum Gasteiger partial charge on any atom is 0.310 e. The van der Waals surface area contributed by atoms with Crippen LogP contribution in [0.5, 0.6) is 11.6 Å². The van der Waals surface area contributed by atoms with Crippen molar-refractivity contribution in [3.05, 3.63) is 29.8 Å². The molecule has 19 heavy (non-hydrogen) atoms. The Morgan fingerprint density at radius 3 is 2.53 bits per heavy atom. The summed E-state index contributed by atoms with van der Waals surface area (Å²) in [6.07, 6.45) is 0.0562. The highest BCUT2D eigenvalue weighted by molar-refractivity contribution is 5.89. The summed E-state index contributed by atoms with van der Waals surface area (Å²) in [6.45, 7) is 0. The minimum absolute atomic E-state index is 0.0562. The number of ether oxygens (including phenoxy) is 3. The number of carbonyl (C=O) groups excluding carboxylic acids is 1. The average Bonchev–Trinajstić information content (AvgIpc) is 2.46. The van der Waals surface area contributed by atoms with Gasteiger partial charge in [-0.05, 0) is 12.1 Å². The lowest BCUT2D eigenvalue weighted by Crippen LogP contribution is -2.09. The summed E-state index contributed by atoms with van der Waals surface area (Å²) in [6, 6.07) is 7.53. The van der Waals surface area contributed by atoms with Gasteiger partial charge in [0.1, 0.15) is 5.75 Å². The minimum Gasteiger partial charge on any atom is -0.496 e. The fourth-order valence-electron chi connectivity index (χ4n) is 1.97. The smallest absolute Gasteiger partial charge is 0.310 e. The Balaban J connectivity index is 2.67. The van der Waals surface area contributed by atoms with Crippen LogP contribution in [0.3, 0.4) is 0 Å². The van der Waals surface area contributed by atoms with Gasteiger partial charge in [0.2, 0.25) is 5.88 Å². The Labute approximate surface area is 111 Å². The van der Waals surface area contributed by atoms with Gasteiger partial charge < -0.3 is 14.2 Å². The van der Waals surface area contributed by atoms with E-state index >= 15 is 0 Å². The molecule has 0 saturated carbocycles. The first-order valence-corrected chi connectivity index (χ1v) is 5.77. The number of hydrogen-bond acceptors (Lipinski definition) is 5. The van der Waals surface area contributed by atoms with E-state index in [9.17, 15) is 4.79 Å². The molecule has 5 nitrogen and oxygen atoms in total. The Morgan fingerprint density at radius 1 is 1.16 bits per heavy atom. The molecule has 2 rings (SSSR count). The number of fused-ring (bicyclic) bond motifs is 1. The molecule has 0 N–H and O–H groups in total. The molecule has 0 saturated heterocycles. The van der Waals surface area contributed by atoms with Crippen LogP contribution >= 0.6 is 0 Å². The molecule has 100 valence electrons. The van der Waals surface area contributed by atoms with E-state index in [1.807, 2.05) is 24.3 Å². The monoisotopic (exact) mass is 261 g/mol. The maximum absolute atomic E-state index is 11.5. The number of esters is 1. The first kappa shape index (κ1) is 13.1. The molecular weight excluding hydrogens is 246 g/mol. The van der Waals surface area contributed by atoms with Crippen molar-refractivity contribution in [1.29, 1.82) is 0 Å². The van der Waals surface area contributed by atoms with Crippen LogP contribution in [-0.2, 0) is 16.0 Å². The fourth-order valence-corrected chi connectivity index (χ4v) is 1.97. The van der Waals surface area contributed by atoms with Gasteiger partial charge in [0.05, 0.1) is 38.8 Å². The fraction of sp³-hybridized carbons (Fsp3) is 0.286. The van der Waals surface area contributed by atoms with Gasteiger partial charge in [-0.2, -0.15) is 0 Å². The third kappa shape index (κ3) is 2.45. The number of rotatable bonds is 4. The quantitative estimate of drug-likeness (QED) is 0.787. The van der Waals surface area contributed by atoms with E-state index < -0.39 is 0 Å². The van der Waals surface area contributed by atoms with Crippen LogP contribution < -0.4 is 9.47 Å². The summed E-state index contributed by atoms with van der Waals surface area (Å²) in [4.78, 5) is 15.9. The van der Waals surface area contributed by atoms with Crippen LogP contribution in [0.1, 0.15) is 5.56 Å². The topological polar surface area (TPSA) is 57.7 Å². The zero-order chi connectivity index (χ0) is 13.8. The van der Waals surface area contributed by atoms with Crippen molar-refractivity contribution in [3.63, 3.8) is 0 Å². The van der Waals surface area contributed by atoms with E-state index in [1.165, 1.54) is 14.2 Å². The number of carbonyl (C=O) groups is 1. The van der Waals surface area contributed by atoms with Crippen molar-refractivity contribution in [2.45, 2.75) is 6.42 Å². The van der Waals surface area contributed by atoms with Gasteiger partial charge in [-0.25, -0.2) is 4.98 Å². The SMILES string of the molecule is COC(=O)Cc1c(OC)nc2ccccc2c1OC. The molecule has 0 bridgehead atoms. The number of methoxy groups -OCH3 is 3. The largest absolute Gasteiger partial charge is 0.496 e. The zero-order valence-electron chi connectivity index (χ0n) is 11.1. The number of nitrogens with zero attached hydrogens (tertiary/aromatic N) is 1. The maximum atomic E-state index is 11.5. The highest BCUT2D eigenvalue weighted by Crippen LogP contribution is 2.34. The average molecular weight is 261 g/mol. The van der Waals surface area contributed by atoms with Crippen LogP contribution in [0.4, 0.5) is 0 Å². The van der Waals surface area contributed by atoms with Crippen molar-refractivity contribution >= 4 is 16.9 Å². The molecule has 2 aromatic rings. The molecule has 5 heteroatoms. The molecule has 0 aliphatic rings. The van der Waals surface area contributed by atoms with Gasteiger partial charge in [0, 0.05) is 5.39 Å². The van der Waals surface area contributed by atoms with Gasteiger partial charge in [0.15, 0.2) is 0 Å². The van der Waals surface area contributed by atoms with Crippen molar-refractivity contribution < 1.29 is 19.0 Å². The predicted molar refractivity (Wildman–Crippen MR) is 70.6 cm³/mol. The second-order valence-electron chi connectivity index (χ2n) is 3.90. The number of hydrogen-bond donors (Lipinski definition) is 0. The highest BCUT2D eigenvalue weighted by atomic mass is 16.5. The molecular formula is C14H15NO4. The van der Waals surface area contributed by atoms with E-state index in [4.69, 9.17) is 9.47 Å². The first-order chi connectivity index (χ1) is 9.21. The summed E-state index contributed by atoms with van der Waals surface area (Å²) >= 11 is 0. The standard InChI is InChI=1S/C14H15NO4/c1-17-12(16)8-10-13(18-2)9-6-4-5-7-11(9)15-14(10)19-3/h4-7H,8H2,1-3H3. The third-order valence-electron chi connectivity index (χ3n) is 2.85. The van der Waals surface area contributed by atoms with E-state index in [2.05, 4.69) is 9.72 Å². The van der Waals surface area contributed by atoms with Crippen LogP contribution in [0.15, 0.2) is 24.3 Å². The molecule has 0 radical (unpaired) electrons. The van der Waals surface area contributed by atoms with Crippen LogP contribution in [0, 0.1) is 0 Å². The Hall–Kier alpha value is -2.30. The van der Waals surface area contributed by atoms with Crippen LogP contribution in [0.25, 0.3) is 10.9 Å². The minimum atomic E-state index is -0.367. The summed E-state index contributed by atoms with van der Waals surface area (Å²) in [5, 5.41) is 0.838. The summed E-state index contributed by atoms with van der Waals surface area (Å²) < 4.78 is 15.3. The van der Waals surface area contributed by atoms with Crippen LogP contribution in [0.2, 0.25) is 0 Å². The van der Waals surface area contributed by atoms with E-state index in [-0.39, 0.29) is 12.4 Å². The van der Waals surface area contributed by atoms with Crippen LogP contribution in [-0.4, -0.2) is 32.3 Å². The lowest BCUT2D eigenvalue weighted by atomic mass is 10.1. The van der Waals surface area contributed by atoms with E-state index in [0.29, 0.717) is 17.2 Å². The van der Waals surface area contributed by atoms with Crippen molar-refractivity contribution in [1.82, 2.24) is 4.98 Å². The lowest BCUT2D eigenvalue weighted by molar-refractivity contribution is -0.139. The molecule has 0 aliphatic heterocycles. The summed E-state index contributed by atoms with van der Waals surface area (Å²) in [5.74, 6) is 0.600. The van der Waals surface area contributed by atoms with Gasteiger partial charge in [0.25, 0.3) is 0 Å². The Kier molecular flexibility index (Phi) is 3.85. The van der Waals surface area contributed by atoms with Gasteiger partial charge in [-0.15, -0.1) is 0 Å². The number of para-hydroxylation sites is 1. The number of aromatic nitrogens is 1. The summed E-state index contributed by atoms with van der Waals surface area (Å²) in [5.41, 5.74) is 1.35. The normalized spacial score (nSPS) is 10.3. The lowest BCUT2D eigenvalue weighted by Gasteiger charge is -2.14. The van der Waals surface area contributed by atoms with Gasteiger partial charge in [-0.1, -0.05) is 12.1 Å². The van der Waals surface area contributed by atoms with Gasteiger partial charge in [-0.3, -0.25) is 4.79 Å². The molecule has 0 spiro atoms. The molecule has 1 heterocycles.